The summed E-state index contributed by atoms with van der Waals surface area (Å²) in [6.45, 7) is 1.92. The third-order valence-electron chi connectivity index (χ3n) is 8.01. The Balaban J connectivity index is 1.05. The average Bonchev–Trinajstić information content (AvgIpc) is 3.89. The van der Waals surface area contributed by atoms with E-state index in [0.717, 1.165) is 46.8 Å². The van der Waals surface area contributed by atoms with Crippen molar-refractivity contribution in [3.8, 4) is 0 Å². The second-order valence-corrected chi connectivity index (χ2v) is 11.1. The third kappa shape index (κ3) is 4.90. The van der Waals surface area contributed by atoms with Crippen LogP contribution < -0.4 is 10.2 Å². The van der Waals surface area contributed by atoms with E-state index in [0.29, 0.717) is 41.7 Å². The van der Waals surface area contributed by atoms with Crippen molar-refractivity contribution in [3.05, 3.63) is 71.6 Å². The van der Waals surface area contributed by atoms with Crippen LogP contribution >= 0.6 is 0 Å². The number of carbonyl (C=O) groups excluding carboxylic acids is 3. The number of imide groups is 1. The van der Waals surface area contributed by atoms with Crippen molar-refractivity contribution in [3.63, 3.8) is 0 Å². The molecule has 4 aromatic rings. The van der Waals surface area contributed by atoms with E-state index in [1.54, 1.807) is 12.3 Å². The Hall–Kier alpha value is -4.74. The lowest BCUT2D eigenvalue weighted by atomic mass is 10.1. The lowest BCUT2D eigenvalue weighted by Gasteiger charge is -2.17. The van der Waals surface area contributed by atoms with Crippen molar-refractivity contribution in [1.29, 1.82) is 0 Å². The summed E-state index contributed by atoms with van der Waals surface area (Å²) in [6, 6.07) is 5.29. The van der Waals surface area contributed by atoms with Gasteiger partial charge in [0.1, 0.15) is 24.5 Å². The number of nitrogens with one attached hydrogen (secondary N) is 1. The molecule has 2 unspecified atom stereocenters. The second-order valence-electron chi connectivity index (χ2n) is 11.1. The third-order valence-corrected chi connectivity index (χ3v) is 8.01. The molecule has 2 aliphatic carbocycles. The fourth-order valence-electron chi connectivity index (χ4n) is 5.39. The predicted molar refractivity (Wildman–Crippen MR) is 148 cm³/mol. The summed E-state index contributed by atoms with van der Waals surface area (Å²) in [5.41, 5.74) is 4.96. The summed E-state index contributed by atoms with van der Waals surface area (Å²) < 4.78 is 1.96. The molecule has 41 heavy (non-hydrogen) atoms. The van der Waals surface area contributed by atoms with Gasteiger partial charge in [0.05, 0.1) is 11.4 Å². The number of pyridine rings is 1. The molecule has 0 spiro atoms. The number of hydrogen-bond acceptors (Lipinski definition) is 8. The van der Waals surface area contributed by atoms with Crippen LogP contribution in [-0.4, -0.2) is 65.7 Å². The van der Waals surface area contributed by atoms with Crippen LogP contribution in [0, 0.1) is 12.8 Å². The van der Waals surface area contributed by atoms with Crippen LogP contribution in [0.15, 0.2) is 43.1 Å². The standard InChI is InChI=1S/C29H29N9O3/c1-16-7-8-30-26(33-16)21-11-22(21)28(40)35-24-10-19(31-15-32-24)5-6-20-13-37-12-18(17-3-4-17)9-23(27(37)34-20)38-14-25(39)36(2)29(38)41/h7-10,12-13,15,17,21-22H,3-6,11,14H2,1-2H3,(H,31,32,35,40). The van der Waals surface area contributed by atoms with Crippen LogP contribution in [0.25, 0.3) is 5.65 Å². The van der Waals surface area contributed by atoms with Crippen LogP contribution in [0.1, 0.15) is 59.6 Å². The lowest BCUT2D eigenvalue weighted by molar-refractivity contribution is -0.124. The van der Waals surface area contributed by atoms with Gasteiger partial charge >= 0.3 is 6.03 Å². The number of amides is 4. The van der Waals surface area contributed by atoms with Gasteiger partial charge in [-0.3, -0.25) is 19.4 Å². The van der Waals surface area contributed by atoms with Gasteiger partial charge in [-0.25, -0.2) is 29.7 Å². The van der Waals surface area contributed by atoms with Crippen LogP contribution in [0.5, 0.6) is 0 Å². The largest absolute Gasteiger partial charge is 0.331 e. The first-order chi connectivity index (χ1) is 19.8. The minimum Gasteiger partial charge on any atom is -0.310 e. The van der Waals surface area contributed by atoms with E-state index in [2.05, 4.69) is 31.4 Å². The summed E-state index contributed by atoms with van der Waals surface area (Å²) in [5.74, 6) is 1.19. The monoisotopic (exact) mass is 551 g/mol. The molecular weight excluding hydrogens is 522 g/mol. The van der Waals surface area contributed by atoms with Gasteiger partial charge in [0.2, 0.25) is 11.8 Å². The Morgan fingerprint density at radius 3 is 2.63 bits per heavy atom. The van der Waals surface area contributed by atoms with E-state index < -0.39 is 0 Å². The average molecular weight is 552 g/mol. The number of hydrogen-bond donors (Lipinski definition) is 1. The lowest BCUT2D eigenvalue weighted by Crippen LogP contribution is -2.30. The molecule has 12 nitrogen and oxygen atoms in total. The van der Waals surface area contributed by atoms with Crippen molar-refractivity contribution in [2.75, 3.05) is 23.8 Å². The van der Waals surface area contributed by atoms with Gasteiger partial charge < -0.3 is 9.72 Å². The minimum absolute atomic E-state index is 0.0103. The molecule has 0 aromatic carbocycles. The molecule has 1 N–H and O–H groups in total. The molecule has 3 aliphatic rings. The molecule has 5 heterocycles. The molecule has 0 bridgehead atoms. The Morgan fingerprint density at radius 2 is 1.88 bits per heavy atom. The Labute approximate surface area is 235 Å². The highest BCUT2D eigenvalue weighted by atomic mass is 16.2. The fourth-order valence-corrected chi connectivity index (χ4v) is 5.39. The Morgan fingerprint density at radius 1 is 1.05 bits per heavy atom. The van der Waals surface area contributed by atoms with Crippen LogP contribution in [0.4, 0.5) is 16.3 Å². The number of fused-ring (bicyclic) bond motifs is 1. The number of nitrogens with zero attached hydrogens (tertiary/aromatic N) is 8. The van der Waals surface area contributed by atoms with E-state index in [1.165, 1.54) is 18.3 Å². The van der Waals surface area contributed by atoms with Gasteiger partial charge in [-0.15, -0.1) is 0 Å². The van der Waals surface area contributed by atoms with Gasteiger partial charge in [0, 0.05) is 54.9 Å². The maximum Gasteiger partial charge on any atom is 0.331 e. The van der Waals surface area contributed by atoms with E-state index in [-0.39, 0.29) is 36.2 Å². The highest BCUT2D eigenvalue weighted by Crippen LogP contribution is 2.46. The first-order valence-corrected chi connectivity index (χ1v) is 13.8. The van der Waals surface area contributed by atoms with Crippen molar-refractivity contribution in [1.82, 2.24) is 34.2 Å². The molecule has 1 saturated heterocycles. The second kappa shape index (κ2) is 9.72. The summed E-state index contributed by atoms with van der Waals surface area (Å²) in [5, 5.41) is 2.92. The van der Waals surface area contributed by atoms with Crippen molar-refractivity contribution in [2.45, 2.75) is 50.9 Å². The van der Waals surface area contributed by atoms with Gasteiger partial charge in [-0.1, -0.05) is 0 Å². The smallest absolute Gasteiger partial charge is 0.310 e. The molecule has 3 fully saturated rings. The molecule has 1 aliphatic heterocycles. The quantitative estimate of drug-likeness (QED) is 0.330. The maximum atomic E-state index is 12.8. The van der Waals surface area contributed by atoms with Crippen LogP contribution in [0.2, 0.25) is 0 Å². The number of urea groups is 1. The summed E-state index contributed by atoms with van der Waals surface area (Å²) >= 11 is 0. The Bertz CT molecular complexity index is 1710. The maximum absolute atomic E-state index is 12.8. The van der Waals surface area contributed by atoms with E-state index in [9.17, 15) is 14.4 Å². The van der Waals surface area contributed by atoms with Gasteiger partial charge in [-0.2, -0.15) is 0 Å². The van der Waals surface area contributed by atoms with Crippen molar-refractivity contribution < 1.29 is 14.4 Å². The Kier molecular flexibility index (Phi) is 5.98. The van der Waals surface area contributed by atoms with Crippen LogP contribution in [0.3, 0.4) is 0 Å². The highest BCUT2D eigenvalue weighted by Gasteiger charge is 2.46. The number of aryl methyl sites for hydroxylation is 3. The molecule has 2 atom stereocenters. The molecule has 4 aromatic heterocycles. The number of carbonyl (C=O) groups is 3. The van der Waals surface area contributed by atoms with E-state index >= 15 is 0 Å². The molecule has 7 rings (SSSR count). The number of rotatable bonds is 8. The summed E-state index contributed by atoms with van der Waals surface area (Å²) in [4.78, 5) is 62.7. The number of anilines is 2. The van der Waals surface area contributed by atoms with Crippen LogP contribution in [-0.2, 0) is 22.4 Å². The van der Waals surface area contributed by atoms with Gasteiger partial charge in [-0.05, 0) is 62.6 Å². The predicted octanol–water partition coefficient (Wildman–Crippen LogP) is 3.03. The zero-order valence-corrected chi connectivity index (χ0v) is 22.8. The molecule has 2 saturated carbocycles. The van der Waals surface area contributed by atoms with Crippen molar-refractivity contribution in [2.24, 2.45) is 5.92 Å². The topological polar surface area (TPSA) is 139 Å². The van der Waals surface area contributed by atoms with Crippen molar-refractivity contribution >= 4 is 35.0 Å². The fraction of sp³-hybridized carbons (Fsp3) is 0.379. The summed E-state index contributed by atoms with van der Waals surface area (Å²) in [6.07, 6.45) is 11.4. The van der Waals surface area contributed by atoms with Gasteiger partial charge in [0.15, 0.2) is 5.65 Å². The van der Waals surface area contributed by atoms with E-state index in [1.807, 2.05) is 29.7 Å². The molecule has 12 heteroatoms. The number of likely N-dealkylation sites (N-methyl/N-ethyl adjacent to an activating group) is 1. The minimum atomic E-state index is -0.339. The highest BCUT2D eigenvalue weighted by molar-refractivity contribution is 6.13. The number of aromatic nitrogens is 6. The zero-order chi connectivity index (χ0) is 28.2. The number of imidazole rings is 1. The SMILES string of the molecule is Cc1ccnc(C2CC2C(=O)Nc2cc(CCc3cn4cc(C5CC5)cc(N5CC(=O)N(C)C5=O)c4n3)ncn2)n1. The summed E-state index contributed by atoms with van der Waals surface area (Å²) in [7, 11) is 1.50. The van der Waals surface area contributed by atoms with E-state index in [4.69, 9.17) is 4.98 Å². The molecule has 208 valence electrons. The zero-order valence-electron chi connectivity index (χ0n) is 22.8. The molecular formula is C29H29N9O3. The first-order valence-electron chi connectivity index (χ1n) is 13.8. The first kappa shape index (κ1) is 25.2. The molecule has 0 radical (unpaired) electrons. The normalized spacial score (nSPS) is 20.2. The van der Waals surface area contributed by atoms with Gasteiger partial charge in [0.25, 0.3) is 0 Å². The molecule has 4 amide bonds.